The summed E-state index contributed by atoms with van der Waals surface area (Å²) in [7, 11) is -3.36. The summed E-state index contributed by atoms with van der Waals surface area (Å²) in [6.07, 6.45) is 2.32. The number of rotatable bonds is 11. The highest BCUT2D eigenvalue weighted by Crippen LogP contribution is 2.22. The Bertz CT molecular complexity index is 1080. The van der Waals surface area contributed by atoms with E-state index in [1.165, 1.54) is 0 Å². The Hall–Kier alpha value is -2.62. The minimum absolute atomic E-state index is 0.325. The van der Waals surface area contributed by atoms with Crippen molar-refractivity contribution in [2.75, 3.05) is 30.7 Å². The van der Waals surface area contributed by atoms with E-state index in [0.717, 1.165) is 41.4 Å². The van der Waals surface area contributed by atoms with E-state index in [1.54, 1.807) is 24.3 Å². The van der Waals surface area contributed by atoms with Crippen LogP contribution in [0.1, 0.15) is 30.7 Å². The molecular weight excluding hydrogens is 404 g/mol. The van der Waals surface area contributed by atoms with Crippen molar-refractivity contribution in [3.05, 3.63) is 53.7 Å². The molecule has 8 nitrogen and oxygen atoms in total. The lowest BCUT2D eigenvalue weighted by atomic mass is 10.1. The number of ether oxygens (including phenoxy) is 1. The molecule has 0 bridgehead atoms. The molecular formula is C21H28N4O4S. The van der Waals surface area contributed by atoms with Gasteiger partial charge in [0.1, 0.15) is 12.4 Å². The average Bonchev–Trinajstić information content (AvgIpc) is 3.09. The minimum atomic E-state index is -3.36. The first kappa shape index (κ1) is 22.1. The summed E-state index contributed by atoms with van der Waals surface area (Å²) >= 11 is 0. The van der Waals surface area contributed by atoms with Crippen LogP contribution in [0.5, 0.6) is 5.75 Å². The first-order valence-electron chi connectivity index (χ1n) is 9.92. The quantitative estimate of drug-likeness (QED) is 0.346. The van der Waals surface area contributed by atoms with E-state index in [-0.39, 0.29) is 0 Å². The second kappa shape index (κ2) is 9.92. The van der Waals surface area contributed by atoms with Gasteiger partial charge in [0, 0.05) is 30.2 Å². The zero-order valence-corrected chi connectivity index (χ0v) is 18.0. The van der Waals surface area contributed by atoms with Crippen LogP contribution >= 0.6 is 0 Å². The van der Waals surface area contributed by atoms with Crippen LogP contribution in [-0.4, -0.2) is 49.7 Å². The van der Waals surface area contributed by atoms with Gasteiger partial charge in [-0.05, 0) is 36.2 Å². The van der Waals surface area contributed by atoms with E-state index < -0.39 is 16.1 Å². The highest BCUT2D eigenvalue weighted by molar-refractivity contribution is 7.92. The number of nitrogens with one attached hydrogen (secondary N) is 3. The molecule has 1 heterocycles. The molecule has 0 aliphatic carbocycles. The van der Waals surface area contributed by atoms with E-state index in [0.29, 0.717) is 30.9 Å². The van der Waals surface area contributed by atoms with Crippen LogP contribution in [0.3, 0.4) is 0 Å². The molecule has 30 heavy (non-hydrogen) atoms. The number of hydrogen-bond acceptors (Lipinski definition) is 6. The molecule has 0 spiro atoms. The third-order valence-corrected chi connectivity index (χ3v) is 5.17. The van der Waals surface area contributed by atoms with Gasteiger partial charge in [-0.3, -0.25) is 9.82 Å². The van der Waals surface area contributed by atoms with Crippen molar-refractivity contribution < 1.29 is 18.3 Å². The Labute approximate surface area is 176 Å². The third-order valence-electron chi connectivity index (χ3n) is 4.56. The maximum Gasteiger partial charge on any atom is 0.229 e. The van der Waals surface area contributed by atoms with Crippen molar-refractivity contribution in [1.29, 1.82) is 0 Å². The number of aromatic nitrogens is 2. The number of nitrogens with zero attached hydrogens (tertiary/aromatic N) is 1. The molecule has 3 rings (SSSR count). The molecule has 9 heteroatoms. The molecule has 0 saturated heterocycles. The van der Waals surface area contributed by atoms with Crippen molar-refractivity contribution in [2.45, 2.75) is 25.9 Å². The average molecular weight is 433 g/mol. The Balaban J connectivity index is 1.45. The molecule has 4 N–H and O–H groups in total. The predicted octanol–water partition coefficient (Wildman–Crippen LogP) is 2.59. The molecule has 1 aromatic heterocycles. The first-order valence-corrected chi connectivity index (χ1v) is 11.8. The van der Waals surface area contributed by atoms with Crippen LogP contribution < -0.4 is 14.8 Å². The smallest absolute Gasteiger partial charge is 0.229 e. The number of hydrogen-bond donors (Lipinski definition) is 4. The summed E-state index contributed by atoms with van der Waals surface area (Å²) in [5.41, 5.74) is 3.09. The van der Waals surface area contributed by atoms with Gasteiger partial charge in [-0.15, -0.1) is 0 Å². The molecule has 0 saturated carbocycles. The van der Waals surface area contributed by atoms with Crippen molar-refractivity contribution >= 4 is 26.6 Å². The normalized spacial score (nSPS) is 12.8. The third kappa shape index (κ3) is 6.19. The van der Waals surface area contributed by atoms with Crippen LogP contribution in [0.2, 0.25) is 0 Å². The van der Waals surface area contributed by atoms with Gasteiger partial charge < -0.3 is 15.2 Å². The van der Waals surface area contributed by atoms with Gasteiger partial charge in [-0.2, -0.15) is 5.10 Å². The molecule has 162 valence electrons. The molecule has 3 aromatic rings. The zero-order chi connectivity index (χ0) is 21.6. The second-order valence-corrected chi connectivity index (χ2v) is 8.94. The highest BCUT2D eigenvalue weighted by Gasteiger charge is 2.10. The number of sulfonamides is 1. The first-order chi connectivity index (χ1) is 14.4. The fourth-order valence-electron chi connectivity index (χ4n) is 3.19. The lowest BCUT2D eigenvalue weighted by molar-refractivity contribution is 0.172. The predicted molar refractivity (Wildman–Crippen MR) is 118 cm³/mol. The zero-order valence-electron chi connectivity index (χ0n) is 17.2. The van der Waals surface area contributed by atoms with E-state index in [4.69, 9.17) is 4.74 Å². The van der Waals surface area contributed by atoms with Crippen molar-refractivity contribution in [3.8, 4) is 5.75 Å². The standard InChI is InChI=1S/C21H28N4O4S/c1-3-5-19-18-9-8-17(13-20(18)24-23-19)29-11-10-22-14-21(26)15-6-4-7-16(12-15)25-30(2,27)28/h4,6-9,12-13,21-22,25-26H,3,5,10-11,14H2,1-2H3,(H,23,24)/t21-/m0/s1. The number of aliphatic hydroxyl groups excluding tert-OH is 1. The van der Waals surface area contributed by atoms with Crippen molar-refractivity contribution in [1.82, 2.24) is 15.5 Å². The number of anilines is 1. The maximum atomic E-state index is 11.3. The van der Waals surface area contributed by atoms with Crippen LogP contribution in [0.15, 0.2) is 42.5 Å². The number of fused-ring (bicyclic) bond motifs is 1. The lowest BCUT2D eigenvalue weighted by Crippen LogP contribution is -2.26. The Morgan fingerprint density at radius 1 is 1.23 bits per heavy atom. The van der Waals surface area contributed by atoms with Crippen LogP contribution in [0, 0.1) is 0 Å². The van der Waals surface area contributed by atoms with E-state index in [9.17, 15) is 13.5 Å². The molecule has 0 aliphatic heterocycles. The molecule has 0 fully saturated rings. The monoisotopic (exact) mass is 432 g/mol. The minimum Gasteiger partial charge on any atom is -0.492 e. The fourth-order valence-corrected chi connectivity index (χ4v) is 3.75. The maximum absolute atomic E-state index is 11.3. The molecule has 1 atom stereocenters. The fraction of sp³-hybridized carbons (Fsp3) is 0.381. The lowest BCUT2D eigenvalue weighted by Gasteiger charge is -2.14. The van der Waals surface area contributed by atoms with Gasteiger partial charge in [-0.25, -0.2) is 8.42 Å². The summed E-state index contributed by atoms with van der Waals surface area (Å²) in [6, 6.07) is 12.6. The summed E-state index contributed by atoms with van der Waals surface area (Å²) in [5.74, 6) is 0.760. The second-order valence-electron chi connectivity index (χ2n) is 7.20. The van der Waals surface area contributed by atoms with E-state index in [1.807, 2.05) is 18.2 Å². The van der Waals surface area contributed by atoms with E-state index in [2.05, 4.69) is 27.2 Å². The Morgan fingerprint density at radius 3 is 2.83 bits per heavy atom. The number of aryl methyl sites for hydroxylation is 1. The van der Waals surface area contributed by atoms with Gasteiger partial charge in [0.25, 0.3) is 0 Å². The van der Waals surface area contributed by atoms with Crippen LogP contribution in [0.4, 0.5) is 5.69 Å². The van der Waals surface area contributed by atoms with Gasteiger partial charge >= 0.3 is 0 Å². The highest BCUT2D eigenvalue weighted by atomic mass is 32.2. The number of aromatic amines is 1. The van der Waals surface area contributed by atoms with Crippen LogP contribution in [-0.2, 0) is 16.4 Å². The van der Waals surface area contributed by atoms with Gasteiger partial charge in [0.15, 0.2) is 0 Å². The molecule has 0 unspecified atom stereocenters. The molecule has 2 aromatic carbocycles. The van der Waals surface area contributed by atoms with Gasteiger partial charge in [0.05, 0.1) is 23.6 Å². The van der Waals surface area contributed by atoms with Crippen molar-refractivity contribution in [2.24, 2.45) is 0 Å². The Morgan fingerprint density at radius 2 is 2.07 bits per heavy atom. The summed E-state index contributed by atoms with van der Waals surface area (Å²) in [6.45, 7) is 3.46. The topological polar surface area (TPSA) is 116 Å². The van der Waals surface area contributed by atoms with Gasteiger partial charge in [-0.1, -0.05) is 25.5 Å². The molecule has 0 amide bonds. The summed E-state index contributed by atoms with van der Waals surface area (Å²) < 4.78 is 30.9. The molecule has 0 aliphatic rings. The largest absolute Gasteiger partial charge is 0.492 e. The van der Waals surface area contributed by atoms with Gasteiger partial charge in [0.2, 0.25) is 10.0 Å². The SMILES string of the molecule is CCCc1n[nH]c2cc(OCCNC[C@H](O)c3cccc(NS(C)(=O)=O)c3)ccc12. The van der Waals surface area contributed by atoms with Crippen LogP contribution in [0.25, 0.3) is 10.9 Å². The number of benzene rings is 2. The van der Waals surface area contributed by atoms with Crippen molar-refractivity contribution in [3.63, 3.8) is 0 Å². The Kier molecular flexibility index (Phi) is 7.30. The summed E-state index contributed by atoms with van der Waals surface area (Å²) in [4.78, 5) is 0. The number of H-pyrrole nitrogens is 1. The molecule has 0 radical (unpaired) electrons. The van der Waals surface area contributed by atoms with E-state index >= 15 is 0 Å². The number of aliphatic hydroxyl groups is 1. The summed E-state index contributed by atoms with van der Waals surface area (Å²) in [5, 5.41) is 22.0.